The first-order valence-electron chi connectivity index (χ1n) is 8.48. The van der Waals surface area contributed by atoms with Crippen molar-refractivity contribution in [1.82, 2.24) is 10.5 Å². The maximum Gasteiger partial charge on any atom is 0.383 e. The molecule has 0 bridgehead atoms. The fourth-order valence-electron chi connectivity index (χ4n) is 2.46. The zero-order valence-corrected chi connectivity index (χ0v) is 17.8. The lowest BCUT2D eigenvalue weighted by molar-refractivity contribution is -0.145. The van der Waals surface area contributed by atoms with Gasteiger partial charge in [0.2, 0.25) is 5.76 Å². The van der Waals surface area contributed by atoms with Crippen LogP contribution in [0.15, 0.2) is 28.8 Å². The minimum Gasteiger partial charge on any atom is -0.464 e. The van der Waals surface area contributed by atoms with Gasteiger partial charge in [-0.3, -0.25) is 4.79 Å². The summed E-state index contributed by atoms with van der Waals surface area (Å²) < 4.78 is 37.3. The molecular formula is C18H18Cl2F2N2O4S. The summed E-state index contributed by atoms with van der Waals surface area (Å²) in [5.74, 6) is -2.23. The van der Waals surface area contributed by atoms with E-state index in [1.165, 1.54) is 36.0 Å². The third-order valence-electron chi connectivity index (χ3n) is 3.78. The van der Waals surface area contributed by atoms with Crippen molar-refractivity contribution in [3.63, 3.8) is 0 Å². The van der Waals surface area contributed by atoms with Gasteiger partial charge in [-0.1, -0.05) is 28.9 Å². The number of nitrogens with one attached hydrogen (secondary N) is 1. The zero-order valence-electron chi connectivity index (χ0n) is 15.5. The van der Waals surface area contributed by atoms with Gasteiger partial charge >= 0.3 is 11.4 Å². The van der Waals surface area contributed by atoms with Crippen LogP contribution in [-0.4, -0.2) is 41.7 Å². The summed E-state index contributed by atoms with van der Waals surface area (Å²) in [6.07, 6.45) is 2.08. The molecule has 2 rings (SSSR count). The van der Waals surface area contributed by atoms with E-state index in [2.05, 4.69) is 10.5 Å². The molecule has 6 nitrogen and oxygen atoms in total. The van der Waals surface area contributed by atoms with Gasteiger partial charge in [0.25, 0.3) is 5.91 Å². The molecule has 0 spiro atoms. The van der Waals surface area contributed by atoms with Crippen molar-refractivity contribution in [3.8, 4) is 11.3 Å². The Morgan fingerprint density at radius 1 is 1.34 bits per heavy atom. The molecule has 0 saturated heterocycles. The molecule has 2 aromatic rings. The number of nitrogens with zero attached hydrogens (tertiary/aromatic N) is 1. The van der Waals surface area contributed by atoms with Crippen LogP contribution in [0, 0.1) is 0 Å². The van der Waals surface area contributed by atoms with E-state index in [4.69, 9.17) is 32.5 Å². The van der Waals surface area contributed by atoms with Crippen LogP contribution in [0.2, 0.25) is 5.02 Å². The number of esters is 1. The monoisotopic (exact) mass is 466 g/mol. The number of benzene rings is 1. The minimum absolute atomic E-state index is 0.110. The number of amides is 1. The van der Waals surface area contributed by atoms with Crippen molar-refractivity contribution in [3.05, 3.63) is 40.6 Å². The summed E-state index contributed by atoms with van der Waals surface area (Å²) >= 11 is 12.4. The van der Waals surface area contributed by atoms with E-state index in [0.29, 0.717) is 16.3 Å². The summed E-state index contributed by atoms with van der Waals surface area (Å²) in [5.41, 5.74) is -0.403. The van der Waals surface area contributed by atoms with E-state index in [-0.39, 0.29) is 18.7 Å². The Morgan fingerprint density at radius 2 is 2.00 bits per heavy atom. The van der Waals surface area contributed by atoms with E-state index in [1.54, 1.807) is 6.92 Å². The van der Waals surface area contributed by atoms with E-state index in [1.807, 2.05) is 6.26 Å². The number of aromatic nitrogens is 1. The molecule has 11 heteroatoms. The second-order valence-electron chi connectivity index (χ2n) is 5.80. The lowest BCUT2D eigenvalue weighted by Crippen LogP contribution is -2.42. The van der Waals surface area contributed by atoms with Gasteiger partial charge in [-0.2, -0.15) is 20.5 Å². The quantitative estimate of drug-likeness (QED) is 0.426. The number of thioether (sulfide) groups is 1. The first-order chi connectivity index (χ1) is 13.7. The molecule has 0 aliphatic carbocycles. The first-order valence-corrected chi connectivity index (χ1v) is 10.6. The molecule has 1 aromatic carbocycles. The molecule has 0 fully saturated rings. The number of carbonyl (C=O) groups is 2. The predicted molar refractivity (Wildman–Crippen MR) is 108 cm³/mol. The standard InChI is InChI=1S/C18H18Cl2F2N2O4S/c1-3-27-17(26)12(8-9-29-2)23-16(25)13-14(10-4-6-11(19)7-5-10)24-28-15(13)18(20,21)22/h4-7,12H,3,8-9H2,1-2H3,(H,23,25). The molecule has 0 aliphatic heterocycles. The summed E-state index contributed by atoms with van der Waals surface area (Å²) in [4.78, 5) is 25.0. The number of ether oxygens (including phenoxy) is 1. The highest BCUT2D eigenvalue weighted by molar-refractivity contribution is 7.98. The Kier molecular flexibility index (Phi) is 8.30. The third kappa shape index (κ3) is 6.07. The Balaban J connectivity index is 2.43. The summed E-state index contributed by atoms with van der Waals surface area (Å²) in [7, 11) is 0. The largest absolute Gasteiger partial charge is 0.464 e. The fourth-order valence-corrected chi connectivity index (χ4v) is 3.18. The van der Waals surface area contributed by atoms with Gasteiger partial charge in [-0.15, -0.1) is 0 Å². The van der Waals surface area contributed by atoms with Crippen molar-refractivity contribution in [2.75, 3.05) is 18.6 Å². The van der Waals surface area contributed by atoms with Crippen molar-refractivity contribution in [2.45, 2.75) is 24.8 Å². The third-order valence-corrected chi connectivity index (χ3v) is 4.85. The van der Waals surface area contributed by atoms with Gasteiger partial charge < -0.3 is 14.6 Å². The Bertz CT molecular complexity index is 857. The number of halogens is 4. The number of hydrogen-bond donors (Lipinski definition) is 1. The van der Waals surface area contributed by atoms with Crippen molar-refractivity contribution in [2.24, 2.45) is 0 Å². The SMILES string of the molecule is CCOC(=O)C(CCSC)NC(=O)c1c(-c2ccc(Cl)cc2)noc1C(F)(F)Cl. The normalized spacial score (nSPS) is 12.5. The minimum atomic E-state index is -3.98. The number of hydrogen-bond acceptors (Lipinski definition) is 6. The molecule has 29 heavy (non-hydrogen) atoms. The number of rotatable bonds is 9. The number of alkyl halides is 3. The van der Waals surface area contributed by atoms with Gasteiger partial charge in [-0.25, -0.2) is 4.79 Å². The van der Waals surface area contributed by atoms with Crippen LogP contribution < -0.4 is 5.32 Å². The summed E-state index contributed by atoms with van der Waals surface area (Å²) in [5, 5.41) is 2.44. The average molecular weight is 467 g/mol. The molecule has 1 unspecified atom stereocenters. The van der Waals surface area contributed by atoms with E-state index in [0.717, 1.165) is 0 Å². The van der Waals surface area contributed by atoms with Gasteiger partial charge in [0.15, 0.2) is 0 Å². The highest BCUT2D eigenvalue weighted by Crippen LogP contribution is 2.38. The molecule has 1 heterocycles. The lowest BCUT2D eigenvalue weighted by Gasteiger charge is -2.17. The molecule has 1 N–H and O–H groups in total. The molecule has 0 aliphatic rings. The van der Waals surface area contributed by atoms with Crippen LogP contribution in [0.1, 0.15) is 29.5 Å². The average Bonchev–Trinajstić information content (AvgIpc) is 3.11. The predicted octanol–water partition coefficient (Wildman–Crippen LogP) is 4.70. The van der Waals surface area contributed by atoms with Gasteiger partial charge in [-0.05, 0) is 49.1 Å². The van der Waals surface area contributed by atoms with Crippen LogP contribution in [0.3, 0.4) is 0 Å². The van der Waals surface area contributed by atoms with Crippen LogP contribution >= 0.6 is 35.0 Å². The van der Waals surface area contributed by atoms with Crippen LogP contribution in [0.5, 0.6) is 0 Å². The van der Waals surface area contributed by atoms with Crippen molar-refractivity contribution < 1.29 is 27.6 Å². The molecule has 1 amide bonds. The molecule has 0 saturated carbocycles. The van der Waals surface area contributed by atoms with E-state index < -0.39 is 34.6 Å². The van der Waals surface area contributed by atoms with Crippen LogP contribution in [0.25, 0.3) is 11.3 Å². The zero-order chi connectivity index (χ0) is 21.6. The van der Waals surface area contributed by atoms with Crippen LogP contribution in [-0.2, 0) is 14.9 Å². The van der Waals surface area contributed by atoms with Gasteiger partial charge in [0.05, 0.1) is 6.61 Å². The van der Waals surface area contributed by atoms with Gasteiger partial charge in [0.1, 0.15) is 17.3 Å². The number of carbonyl (C=O) groups excluding carboxylic acids is 2. The lowest BCUT2D eigenvalue weighted by atomic mass is 10.0. The maximum absolute atomic E-state index is 13.8. The molecule has 158 valence electrons. The molecule has 1 atom stereocenters. The Hall–Kier alpha value is -1.84. The van der Waals surface area contributed by atoms with Crippen LogP contribution in [0.4, 0.5) is 8.78 Å². The van der Waals surface area contributed by atoms with Crippen molar-refractivity contribution in [1.29, 1.82) is 0 Å². The highest BCUT2D eigenvalue weighted by Gasteiger charge is 2.41. The van der Waals surface area contributed by atoms with Crippen molar-refractivity contribution >= 4 is 46.8 Å². The first kappa shape index (κ1) is 23.4. The van der Waals surface area contributed by atoms with Gasteiger partial charge in [0, 0.05) is 10.6 Å². The second kappa shape index (κ2) is 10.3. The molecule has 0 radical (unpaired) electrons. The Labute approximate surface area is 180 Å². The smallest absolute Gasteiger partial charge is 0.383 e. The van der Waals surface area contributed by atoms with E-state index in [9.17, 15) is 18.4 Å². The maximum atomic E-state index is 13.8. The Morgan fingerprint density at radius 3 is 2.55 bits per heavy atom. The topological polar surface area (TPSA) is 81.4 Å². The molecular weight excluding hydrogens is 449 g/mol. The fraction of sp³-hybridized carbons (Fsp3) is 0.389. The summed E-state index contributed by atoms with van der Waals surface area (Å²) in [6, 6.07) is 4.96. The van der Waals surface area contributed by atoms with E-state index >= 15 is 0 Å². The highest BCUT2D eigenvalue weighted by atomic mass is 35.5. The summed E-state index contributed by atoms with van der Waals surface area (Å²) in [6.45, 7) is 1.73. The molecule has 1 aromatic heterocycles. The second-order valence-corrected chi connectivity index (χ2v) is 7.70.